The van der Waals surface area contributed by atoms with Crippen molar-refractivity contribution in [2.75, 3.05) is 24.5 Å². The standard InChI is InChI=1S/C12H18N4/c1-4-15-12(10-2-3-10)8-16(5-1)11-6-13-9-14-7-11/h6-7,9-10,12,15H,1-5,8H2. The third-order valence-electron chi connectivity index (χ3n) is 3.53. The Labute approximate surface area is 96.1 Å². The molecule has 1 N–H and O–H groups in total. The van der Waals surface area contributed by atoms with E-state index in [-0.39, 0.29) is 0 Å². The largest absolute Gasteiger partial charge is 0.367 e. The highest BCUT2D eigenvalue weighted by molar-refractivity contribution is 5.42. The van der Waals surface area contributed by atoms with Gasteiger partial charge in [0.1, 0.15) is 6.33 Å². The maximum Gasteiger partial charge on any atom is 0.115 e. The van der Waals surface area contributed by atoms with Gasteiger partial charge in [-0.25, -0.2) is 9.97 Å². The summed E-state index contributed by atoms with van der Waals surface area (Å²) in [6.45, 7) is 3.37. The molecule has 0 spiro atoms. The van der Waals surface area contributed by atoms with Gasteiger partial charge in [-0.05, 0) is 31.7 Å². The summed E-state index contributed by atoms with van der Waals surface area (Å²) in [6.07, 6.45) is 9.44. The lowest BCUT2D eigenvalue weighted by molar-refractivity contribution is 0.490. The molecule has 1 aromatic rings. The predicted molar refractivity (Wildman–Crippen MR) is 63.4 cm³/mol. The van der Waals surface area contributed by atoms with Gasteiger partial charge in [-0.2, -0.15) is 0 Å². The highest BCUT2D eigenvalue weighted by Gasteiger charge is 2.33. The molecule has 0 aromatic carbocycles. The van der Waals surface area contributed by atoms with Crippen LogP contribution in [0.3, 0.4) is 0 Å². The highest BCUT2D eigenvalue weighted by Crippen LogP contribution is 2.34. The van der Waals surface area contributed by atoms with Gasteiger partial charge in [-0.3, -0.25) is 0 Å². The van der Waals surface area contributed by atoms with Crippen molar-refractivity contribution in [2.45, 2.75) is 25.3 Å². The van der Waals surface area contributed by atoms with E-state index in [9.17, 15) is 0 Å². The van der Waals surface area contributed by atoms with Gasteiger partial charge in [0.05, 0.1) is 18.1 Å². The average Bonchev–Trinajstić information content (AvgIpc) is 3.16. The van der Waals surface area contributed by atoms with Gasteiger partial charge in [-0.1, -0.05) is 0 Å². The molecule has 4 heteroatoms. The van der Waals surface area contributed by atoms with E-state index < -0.39 is 0 Å². The van der Waals surface area contributed by atoms with Crippen LogP contribution in [0, 0.1) is 5.92 Å². The third-order valence-corrected chi connectivity index (χ3v) is 3.53. The van der Waals surface area contributed by atoms with E-state index in [1.54, 1.807) is 6.33 Å². The van der Waals surface area contributed by atoms with E-state index in [0.29, 0.717) is 6.04 Å². The molecule has 1 saturated heterocycles. The first kappa shape index (κ1) is 10.0. The Morgan fingerprint density at radius 3 is 2.81 bits per heavy atom. The molecule has 0 bridgehead atoms. The first-order chi connectivity index (χ1) is 7.93. The molecule has 16 heavy (non-hydrogen) atoms. The number of anilines is 1. The van der Waals surface area contributed by atoms with E-state index in [4.69, 9.17) is 0 Å². The second kappa shape index (κ2) is 4.37. The third kappa shape index (κ3) is 2.16. The second-order valence-electron chi connectivity index (χ2n) is 4.79. The molecule has 1 unspecified atom stereocenters. The van der Waals surface area contributed by atoms with Crippen molar-refractivity contribution < 1.29 is 0 Å². The summed E-state index contributed by atoms with van der Waals surface area (Å²) in [6, 6.07) is 0.669. The summed E-state index contributed by atoms with van der Waals surface area (Å²) in [7, 11) is 0. The van der Waals surface area contributed by atoms with Crippen molar-refractivity contribution >= 4 is 5.69 Å². The SMILES string of the molecule is c1ncc(N2CCCNC(C3CC3)C2)cn1. The predicted octanol–water partition coefficient (Wildman–Crippen LogP) is 1.05. The molecule has 2 heterocycles. The van der Waals surface area contributed by atoms with Gasteiger partial charge in [0.2, 0.25) is 0 Å². The number of hydrogen-bond acceptors (Lipinski definition) is 4. The number of nitrogens with one attached hydrogen (secondary N) is 1. The van der Waals surface area contributed by atoms with E-state index >= 15 is 0 Å². The molecule has 1 aliphatic heterocycles. The summed E-state index contributed by atoms with van der Waals surface area (Å²) in [5.41, 5.74) is 1.16. The number of nitrogens with zero attached hydrogens (tertiary/aromatic N) is 3. The second-order valence-corrected chi connectivity index (χ2v) is 4.79. The minimum absolute atomic E-state index is 0.669. The van der Waals surface area contributed by atoms with E-state index in [1.807, 2.05) is 12.4 Å². The maximum absolute atomic E-state index is 4.10. The highest BCUT2D eigenvalue weighted by atomic mass is 15.2. The molecule has 0 amide bonds. The average molecular weight is 218 g/mol. The van der Waals surface area contributed by atoms with Crippen molar-refractivity contribution in [2.24, 2.45) is 5.92 Å². The molecule has 1 aromatic heterocycles. The lowest BCUT2D eigenvalue weighted by Gasteiger charge is -2.25. The Morgan fingerprint density at radius 2 is 2.06 bits per heavy atom. The van der Waals surface area contributed by atoms with Crippen LogP contribution in [0.25, 0.3) is 0 Å². The van der Waals surface area contributed by atoms with Crippen LogP contribution in [0.4, 0.5) is 5.69 Å². The summed E-state index contributed by atoms with van der Waals surface area (Å²) in [5.74, 6) is 0.908. The van der Waals surface area contributed by atoms with Crippen LogP contribution in [0.2, 0.25) is 0 Å². The zero-order chi connectivity index (χ0) is 10.8. The van der Waals surface area contributed by atoms with Crippen LogP contribution in [-0.4, -0.2) is 35.6 Å². The Kier molecular flexibility index (Phi) is 2.74. The van der Waals surface area contributed by atoms with E-state index in [1.165, 1.54) is 19.3 Å². The number of rotatable bonds is 2. The zero-order valence-corrected chi connectivity index (χ0v) is 9.47. The van der Waals surface area contributed by atoms with Gasteiger partial charge in [0, 0.05) is 19.1 Å². The van der Waals surface area contributed by atoms with E-state index in [2.05, 4.69) is 20.2 Å². The summed E-state index contributed by atoms with van der Waals surface area (Å²) < 4.78 is 0. The number of hydrogen-bond donors (Lipinski definition) is 1. The quantitative estimate of drug-likeness (QED) is 0.805. The Morgan fingerprint density at radius 1 is 1.25 bits per heavy atom. The van der Waals surface area contributed by atoms with Gasteiger partial charge in [0.25, 0.3) is 0 Å². The van der Waals surface area contributed by atoms with Crippen LogP contribution in [0.15, 0.2) is 18.7 Å². The molecule has 0 radical (unpaired) electrons. The Balaban J connectivity index is 1.73. The van der Waals surface area contributed by atoms with Gasteiger partial charge in [-0.15, -0.1) is 0 Å². The van der Waals surface area contributed by atoms with Crippen molar-refractivity contribution in [1.82, 2.24) is 15.3 Å². The van der Waals surface area contributed by atoms with Crippen LogP contribution < -0.4 is 10.2 Å². The van der Waals surface area contributed by atoms with Crippen LogP contribution >= 0.6 is 0 Å². The molecular weight excluding hydrogens is 200 g/mol. The number of aromatic nitrogens is 2. The lowest BCUT2D eigenvalue weighted by Crippen LogP contribution is -2.39. The normalized spacial score (nSPS) is 26.5. The zero-order valence-electron chi connectivity index (χ0n) is 9.47. The lowest BCUT2D eigenvalue weighted by atomic mass is 10.2. The topological polar surface area (TPSA) is 41.1 Å². The molecule has 3 rings (SSSR count). The summed E-state index contributed by atoms with van der Waals surface area (Å²) in [5, 5.41) is 3.66. The van der Waals surface area contributed by atoms with Gasteiger partial charge in [0.15, 0.2) is 0 Å². The molecular formula is C12H18N4. The van der Waals surface area contributed by atoms with Crippen molar-refractivity contribution in [3.8, 4) is 0 Å². The fraction of sp³-hybridized carbons (Fsp3) is 0.667. The van der Waals surface area contributed by atoms with E-state index in [0.717, 1.165) is 31.2 Å². The smallest absolute Gasteiger partial charge is 0.115 e. The minimum atomic E-state index is 0.669. The monoisotopic (exact) mass is 218 g/mol. The molecule has 1 aliphatic carbocycles. The van der Waals surface area contributed by atoms with Crippen LogP contribution in [-0.2, 0) is 0 Å². The Bertz CT molecular complexity index is 336. The fourth-order valence-electron chi connectivity index (χ4n) is 2.45. The Hall–Kier alpha value is -1.16. The van der Waals surface area contributed by atoms with Gasteiger partial charge < -0.3 is 10.2 Å². The molecule has 4 nitrogen and oxygen atoms in total. The fourth-order valence-corrected chi connectivity index (χ4v) is 2.45. The first-order valence-electron chi connectivity index (χ1n) is 6.17. The minimum Gasteiger partial charge on any atom is -0.367 e. The molecule has 1 saturated carbocycles. The molecule has 1 atom stereocenters. The molecule has 2 aliphatic rings. The van der Waals surface area contributed by atoms with Crippen LogP contribution in [0.5, 0.6) is 0 Å². The van der Waals surface area contributed by atoms with Crippen molar-refractivity contribution in [3.05, 3.63) is 18.7 Å². The van der Waals surface area contributed by atoms with Crippen molar-refractivity contribution in [3.63, 3.8) is 0 Å². The summed E-state index contributed by atoms with van der Waals surface area (Å²) in [4.78, 5) is 10.6. The first-order valence-corrected chi connectivity index (χ1v) is 6.17. The van der Waals surface area contributed by atoms with Gasteiger partial charge >= 0.3 is 0 Å². The van der Waals surface area contributed by atoms with Crippen LogP contribution in [0.1, 0.15) is 19.3 Å². The molecule has 86 valence electrons. The summed E-state index contributed by atoms with van der Waals surface area (Å²) >= 11 is 0. The molecule has 2 fully saturated rings. The van der Waals surface area contributed by atoms with Crippen molar-refractivity contribution in [1.29, 1.82) is 0 Å². The maximum atomic E-state index is 4.10.